The van der Waals surface area contributed by atoms with Gasteiger partial charge in [0.1, 0.15) is 22.6 Å². The van der Waals surface area contributed by atoms with Gasteiger partial charge in [-0.05, 0) is 63.6 Å². The summed E-state index contributed by atoms with van der Waals surface area (Å²) >= 11 is 0. The zero-order valence-electron chi connectivity index (χ0n) is 20.9. The summed E-state index contributed by atoms with van der Waals surface area (Å²) in [6.45, 7) is 5.84. The summed E-state index contributed by atoms with van der Waals surface area (Å²) in [5, 5.41) is 18.2. The Hall–Kier alpha value is -3.85. The minimum absolute atomic E-state index is 0.00362. The zero-order valence-corrected chi connectivity index (χ0v) is 20.9. The number of aromatic nitrogens is 2. The van der Waals surface area contributed by atoms with Crippen molar-refractivity contribution in [3.63, 3.8) is 0 Å². The third-order valence-corrected chi connectivity index (χ3v) is 8.52. The maximum absolute atomic E-state index is 13.1. The van der Waals surface area contributed by atoms with Crippen molar-refractivity contribution in [3.8, 4) is 11.5 Å². The number of benzene rings is 1. The number of likely N-dealkylation sites (tertiary alicyclic amines) is 1. The van der Waals surface area contributed by atoms with Crippen LogP contribution in [0.4, 0.5) is 0 Å². The second kappa shape index (κ2) is 7.58. The molecule has 3 aliphatic carbocycles. The van der Waals surface area contributed by atoms with Crippen molar-refractivity contribution < 1.29 is 23.8 Å². The molecule has 1 aliphatic heterocycles. The Morgan fingerprint density at radius 1 is 1.22 bits per heavy atom. The van der Waals surface area contributed by atoms with Gasteiger partial charge in [0.25, 0.3) is 11.8 Å². The molecule has 3 saturated carbocycles. The van der Waals surface area contributed by atoms with Crippen molar-refractivity contribution in [2.24, 2.45) is 5.92 Å². The summed E-state index contributed by atoms with van der Waals surface area (Å²) < 4.78 is 13.8. The molecule has 3 aromatic heterocycles. The highest BCUT2D eigenvalue weighted by atomic mass is 16.5. The van der Waals surface area contributed by atoms with Crippen LogP contribution >= 0.6 is 0 Å². The van der Waals surface area contributed by atoms with E-state index < -0.39 is 6.10 Å². The van der Waals surface area contributed by atoms with Crippen LogP contribution in [0.1, 0.15) is 58.2 Å². The first-order chi connectivity index (χ1) is 17.7. The predicted octanol–water partition coefficient (Wildman–Crippen LogP) is 3.98. The van der Waals surface area contributed by atoms with Crippen molar-refractivity contribution in [1.82, 2.24) is 19.8 Å². The molecule has 0 spiro atoms. The van der Waals surface area contributed by atoms with Gasteiger partial charge in [-0.1, -0.05) is 0 Å². The molecule has 0 unspecified atom stereocenters. The lowest BCUT2D eigenvalue weighted by Crippen LogP contribution is -2.68. The van der Waals surface area contributed by atoms with E-state index in [1.807, 2.05) is 32.9 Å². The van der Waals surface area contributed by atoms with E-state index in [4.69, 9.17) is 9.15 Å². The van der Waals surface area contributed by atoms with Crippen LogP contribution in [0.25, 0.3) is 16.5 Å². The van der Waals surface area contributed by atoms with E-state index >= 15 is 0 Å². The molecule has 4 aromatic rings. The number of β-amino-alcohol motifs (C(OH)–C–C–N with tert-alkyl or cyclic N) is 1. The normalized spacial score (nSPS) is 25.9. The topological polar surface area (TPSA) is 109 Å². The highest BCUT2D eigenvalue weighted by molar-refractivity contribution is 6.08. The van der Waals surface area contributed by atoms with E-state index in [1.54, 1.807) is 33.9 Å². The van der Waals surface area contributed by atoms with Crippen LogP contribution < -0.4 is 10.1 Å². The molecule has 1 saturated heterocycles. The van der Waals surface area contributed by atoms with Crippen LogP contribution in [0.15, 0.2) is 41.1 Å². The zero-order chi connectivity index (χ0) is 25.6. The van der Waals surface area contributed by atoms with Crippen molar-refractivity contribution >= 4 is 28.3 Å². The molecule has 2 atom stereocenters. The average molecular weight is 501 g/mol. The lowest BCUT2D eigenvalue weighted by Gasteiger charge is -2.61. The molecular weight excluding hydrogens is 472 g/mol. The minimum Gasteiger partial charge on any atom is -0.460 e. The molecule has 1 aromatic carbocycles. The number of nitrogens with zero attached hydrogens (tertiary/aromatic N) is 3. The third kappa shape index (κ3) is 3.23. The lowest BCUT2D eigenvalue weighted by atomic mass is 9.50. The molecule has 4 fully saturated rings. The van der Waals surface area contributed by atoms with Crippen LogP contribution in [0.2, 0.25) is 0 Å². The van der Waals surface area contributed by atoms with Crippen molar-refractivity contribution in [3.05, 3.63) is 59.1 Å². The number of hydrogen-bond acceptors (Lipinski definition) is 6. The van der Waals surface area contributed by atoms with Gasteiger partial charge in [-0.25, -0.2) is 4.52 Å². The summed E-state index contributed by atoms with van der Waals surface area (Å²) in [4.78, 5) is 27.8. The molecule has 2 bridgehead atoms. The number of amides is 2. The Morgan fingerprint density at radius 2 is 2.00 bits per heavy atom. The maximum atomic E-state index is 13.1. The van der Waals surface area contributed by atoms with E-state index in [1.165, 1.54) is 0 Å². The van der Waals surface area contributed by atoms with Crippen LogP contribution in [-0.4, -0.2) is 55.7 Å². The standard InChI is InChI=1S/C28H28N4O5/c1-14-20(27(35)31-13-21(33)15(31)2)12-32-25(14)22(6-7-29-32)37-18-4-5-19-23(8-18)36-16(3)24(19)26(34)30-28-9-17(10-28)11-28/h4-8,12,15,17,21,33H,9-11,13H2,1-3H3,(H,30,34)/t15-,17?,21+,28?/m1/s1. The smallest absolute Gasteiger partial charge is 0.256 e. The first kappa shape index (κ1) is 22.4. The summed E-state index contributed by atoms with van der Waals surface area (Å²) in [5.41, 5.74) is 3.12. The van der Waals surface area contributed by atoms with Crippen LogP contribution in [0.5, 0.6) is 11.5 Å². The molecule has 2 amide bonds. The van der Waals surface area contributed by atoms with Crippen LogP contribution in [-0.2, 0) is 0 Å². The van der Waals surface area contributed by atoms with Gasteiger partial charge in [0.2, 0.25) is 0 Å². The number of aliphatic hydroxyl groups excluding tert-OH is 1. The van der Waals surface area contributed by atoms with Gasteiger partial charge in [-0.2, -0.15) is 5.10 Å². The Bertz CT molecular complexity index is 1600. The largest absolute Gasteiger partial charge is 0.460 e. The molecule has 0 radical (unpaired) electrons. The quantitative estimate of drug-likeness (QED) is 0.429. The van der Waals surface area contributed by atoms with Gasteiger partial charge in [0.15, 0.2) is 5.75 Å². The first-order valence-corrected chi connectivity index (χ1v) is 12.7. The monoisotopic (exact) mass is 500 g/mol. The van der Waals surface area contributed by atoms with Crippen molar-refractivity contribution in [1.29, 1.82) is 0 Å². The number of rotatable bonds is 5. The Labute approximate surface area is 213 Å². The van der Waals surface area contributed by atoms with Gasteiger partial charge < -0.3 is 24.5 Å². The van der Waals surface area contributed by atoms with Gasteiger partial charge in [-0.15, -0.1) is 0 Å². The molecule has 4 aliphatic rings. The number of carbonyl (C=O) groups is 2. The molecule has 4 heterocycles. The molecule has 8 rings (SSSR count). The second-order valence-corrected chi connectivity index (χ2v) is 10.9. The van der Waals surface area contributed by atoms with E-state index in [0.29, 0.717) is 46.0 Å². The number of hydrogen-bond donors (Lipinski definition) is 2. The van der Waals surface area contributed by atoms with Crippen molar-refractivity contribution in [2.75, 3.05) is 6.54 Å². The van der Waals surface area contributed by atoms with Gasteiger partial charge in [0, 0.05) is 35.8 Å². The third-order valence-electron chi connectivity index (χ3n) is 8.52. The highest BCUT2D eigenvalue weighted by Crippen LogP contribution is 2.57. The fraction of sp³-hybridized carbons (Fsp3) is 0.393. The molecule has 2 N–H and O–H groups in total. The molecule has 190 valence electrons. The van der Waals surface area contributed by atoms with E-state index in [9.17, 15) is 14.7 Å². The number of ether oxygens (including phenoxy) is 1. The molecule has 9 heteroatoms. The summed E-state index contributed by atoms with van der Waals surface area (Å²) in [6.07, 6.45) is 6.07. The highest BCUT2D eigenvalue weighted by Gasteiger charge is 2.57. The Kier molecular flexibility index (Phi) is 4.58. The molecule has 37 heavy (non-hydrogen) atoms. The number of aryl methyl sites for hydroxylation is 2. The van der Waals surface area contributed by atoms with Gasteiger partial charge in [-0.3, -0.25) is 9.59 Å². The molecular formula is C28H28N4O5. The van der Waals surface area contributed by atoms with Crippen LogP contribution in [0.3, 0.4) is 0 Å². The molecule has 9 nitrogen and oxygen atoms in total. The van der Waals surface area contributed by atoms with E-state index in [0.717, 1.165) is 36.1 Å². The lowest BCUT2D eigenvalue weighted by molar-refractivity contribution is -0.0438. The van der Waals surface area contributed by atoms with Crippen LogP contribution in [0, 0.1) is 19.8 Å². The predicted molar refractivity (Wildman–Crippen MR) is 135 cm³/mol. The SMILES string of the molecule is Cc1oc2cc(Oc3ccnn4cc(C(=O)N5C[C@H](O)[C@H]5C)c(C)c34)ccc2c1C(=O)NC12CC(C1)C2. The van der Waals surface area contributed by atoms with E-state index in [-0.39, 0.29) is 23.4 Å². The fourth-order valence-corrected chi connectivity index (χ4v) is 6.14. The number of nitrogens with one attached hydrogen (secondary N) is 1. The summed E-state index contributed by atoms with van der Waals surface area (Å²) in [7, 11) is 0. The van der Waals surface area contributed by atoms with Gasteiger partial charge >= 0.3 is 0 Å². The average Bonchev–Trinajstić information content (AvgIpc) is 3.34. The van der Waals surface area contributed by atoms with E-state index in [2.05, 4.69) is 10.4 Å². The number of furan rings is 1. The number of aliphatic hydroxyl groups is 1. The second-order valence-electron chi connectivity index (χ2n) is 10.9. The fourth-order valence-electron chi connectivity index (χ4n) is 6.14. The van der Waals surface area contributed by atoms with Gasteiger partial charge in [0.05, 0.1) is 29.5 Å². The maximum Gasteiger partial charge on any atom is 0.256 e. The number of fused-ring (bicyclic) bond motifs is 2. The summed E-state index contributed by atoms with van der Waals surface area (Å²) in [5.74, 6) is 2.25. The minimum atomic E-state index is -0.492. The Morgan fingerprint density at radius 3 is 2.68 bits per heavy atom. The first-order valence-electron chi connectivity index (χ1n) is 12.7. The number of carbonyl (C=O) groups excluding carboxylic acids is 2. The summed E-state index contributed by atoms with van der Waals surface area (Å²) in [6, 6.07) is 7.00. The Balaban J connectivity index is 1.18. The van der Waals surface area contributed by atoms with Crippen molar-refractivity contribution in [2.45, 2.75) is 57.7 Å².